The van der Waals surface area contributed by atoms with Crippen molar-refractivity contribution >= 4 is 33.0 Å². The number of nitrogens with one attached hydrogen (secondary N) is 2. The van der Waals surface area contributed by atoms with Gasteiger partial charge in [0, 0.05) is 35.6 Å². The molecule has 1 heterocycles. The van der Waals surface area contributed by atoms with E-state index in [1.807, 2.05) is 0 Å². The molecule has 3 rings (SSSR count). The molecule has 0 saturated carbocycles. The third kappa shape index (κ3) is 5.30. The van der Waals surface area contributed by atoms with Crippen molar-refractivity contribution in [2.24, 2.45) is 0 Å². The van der Waals surface area contributed by atoms with Crippen molar-refractivity contribution in [2.75, 3.05) is 16.9 Å². The molecule has 0 aliphatic carbocycles. The Bertz CT molecular complexity index is 1160. The lowest BCUT2D eigenvalue weighted by Crippen LogP contribution is -2.19. The summed E-state index contributed by atoms with van der Waals surface area (Å²) in [6.07, 6.45) is 4.29. The molecule has 1 atom stereocenters. The van der Waals surface area contributed by atoms with Gasteiger partial charge in [0.25, 0.3) is 5.91 Å². The summed E-state index contributed by atoms with van der Waals surface area (Å²) in [4.78, 5) is 29.2. The van der Waals surface area contributed by atoms with Gasteiger partial charge in [-0.2, -0.15) is 0 Å². The maximum atomic E-state index is 12.6. The number of sulfone groups is 1. The number of carbonyl (C=O) groups is 2. The van der Waals surface area contributed by atoms with Gasteiger partial charge in [-0.15, -0.1) is 0 Å². The maximum absolute atomic E-state index is 12.6. The largest absolute Gasteiger partial charge is 0.326 e. The first kappa shape index (κ1) is 21.2. The van der Waals surface area contributed by atoms with Crippen LogP contribution in [0.5, 0.6) is 0 Å². The minimum atomic E-state index is -3.29. The summed E-state index contributed by atoms with van der Waals surface area (Å²) in [5, 5.41) is 5.56. The van der Waals surface area contributed by atoms with Crippen LogP contribution in [-0.4, -0.2) is 31.5 Å². The number of pyridine rings is 1. The first-order valence-corrected chi connectivity index (χ1v) is 11.1. The average Bonchev–Trinajstić information content (AvgIpc) is 2.73. The molecule has 3 aromatic rings. The van der Waals surface area contributed by atoms with E-state index in [-0.39, 0.29) is 16.7 Å². The molecule has 7 nitrogen and oxygen atoms in total. The van der Waals surface area contributed by atoms with Crippen LogP contribution in [0.4, 0.5) is 11.4 Å². The number of hydrogen-bond acceptors (Lipinski definition) is 5. The van der Waals surface area contributed by atoms with Crippen LogP contribution in [0.15, 0.2) is 78.0 Å². The highest BCUT2D eigenvalue weighted by atomic mass is 32.2. The van der Waals surface area contributed by atoms with E-state index in [0.717, 1.165) is 6.26 Å². The minimum Gasteiger partial charge on any atom is -0.326 e. The topological polar surface area (TPSA) is 105 Å². The van der Waals surface area contributed by atoms with Crippen LogP contribution in [0, 0.1) is 0 Å². The highest BCUT2D eigenvalue weighted by Gasteiger charge is 2.17. The zero-order valence-corrected chi connectivity index (χ0v) is 17.3. The second kappa shape index (κ2) is 8.87. The standard InChI is InChI=1S/C22H21N3O4S/c1-15(16-6-8-20(9-7-16)30(2,28)29)21(26)25-19-5-3-4-17(14-19)22(27)24-18-10-12-23-13-11-18/h3-15H,1-2H3,(H,25,26)(H,23,24,27). The summed E-state index contributed by atoms with van der Waals surface area (Å²) < 4.78 is 23.2. The van der Waals surface area contributed by atoms with Crippen LogP contribution in [0.25, 0.3) is 0 Å². The van der Waals surface area contributed by atoms with Crippen LogP contribution >= 0.6 is 0 Å². The number of anilines is 2. The van der Waals surface area contributed by atoms with Gasteiger partial charge in [-0.25, -0.2) is 8.42 Å². The van der Waals surface area contributed by atoms with E-state index in [1.165, 1.54) is 12.1 Å². The summed E-state index contributed by atoms with van der Waals surface area (Å²) >= 11 is 0. The quantitative estimate of drug-likeness (QED) is 0.631. The zero-order chi connectivity index (χ0) is 21.7. The summed E-state index contributed by atoms with van der Waals surface area (Å²) in [5.74, 6) is -1.08. The Labute approximate surface area is 175 Å². The lowest BCUT2D eigenvalue weighted by atomic mass is 10.0. The number of rotatable bonds is 6. The van der Waals surface area contributed by atoms with E-state index in [9.17, 15) is 18.0 Å². The molecule has 2 N–H and O–H groups in total. The third-order valence-corrected chi connectivity index (χ3v) is 5.66. The maximum Gasteiger partial charge on any atom is 0.255 e. The number of hydrogen-bond donors (Lipinski definition) is 2. The van der Waals surface area contributed by atoms with Crippen LogP contribution in [0.2, 0.25) is 0 Å². The van der Waals surface area contributed by atoms with Gasteiger partial charge in [0.15, 0.2) is 9.84 Å². The molecular formula is C22H21N3O4S. The van der Waals surface area contributed by atoms with Gasteiger partial charge in [0.2, 0.25) is 5.91 Å². The van der Waals surface area contributed by atoms with Crippen molar-refractivity contribution in [1.82, 2.24) is 4.98 Å². The minimum absolute atomic E-state index is 0.201. The van der Waals surface area contributed by atoms with E-state index in [2.05, 4.69) is 15.6 Å². The fourth-order valence-corrected chi connectivity index (χ4v) is 3.41. The first-order valence-electron chi connectivity index (χ1n) is 9.16. The van der Waals surface area contributed by atoms with Gasteiger partial charge in [-0.1, -0.05) is 18.2 Å². The summed E-state index contributed by atoms with van der Waals surface area (Å²) in [5.41, 5.74) is 2.19. The molecule has 2 amide bonds. The molecule has 0 aliphatic heterocycles. The van der Waals surface area contributed by atoms with Gasteiger partial charge in [-0.05, 0) is 55.0 Å². The average molecular weight is 423 g/mol. The predicted octanol–water partition coefficient (Wildman–Crippen LogP) is 3.48. The van der Waals surface area contributed by atoms with Gasteiger partial charge in [-0.3, -0.25) is 14.6 Å². The van der Waals surface area contributed by atoms with Crippen LogP contribution in [0.1, 0.15) is 28.8 Å². The normalized spacial score (nSPS) is 12.1. The zero-order valence-electron chi connectivity index (χ0n) is 16.5. The van der Waals surface area contributed by atoms with Crippen LogP contribution in [-0.2, 0) is 14.6 Å². The Morgan fingerprint density at radius 1 is 0.900 bits per heavy atom. The molecule has 154 valence electrons. The van der Waals surface area contributed by atoms with Gasteiger partial charge in [0.1, 0.15) is 0 Å². The van der Waals surface area contributed by atoms with Crippen molar-refractivity contribution in [2.45, 2.75) is 17.7 Å². The van der Waals surface area contributed by atoms with E-state index < -0.39 is 15.8 Å². The lowest BCUT2D eigenvalue weighted by molar-refractivity contribution is -0.117. The molecule has 0 saturated heterocycles. The van der Waals surface area contributed by atoms with Crippen molar-refractivity contribution in [3.8, 4) is 0 Å². The molecule has 2 aromatic carbocycles. The highest BCUT2D eigenvalue weighted by molar-refractivity contribution is 7.90. The Balaban J connectivity index is 1.69. The molecule has 0 fully saturated rings. The van der Waals surface area contributed by atoms with Crippen molar-refractivity contribution in [1.29, 1.82) is 0 Å². The van der Waals surface area contributed by atoms with Crippen LogP contribution < -0.4 is 10.6 Å². The predicted molar refractivity (Wildman–Crippen MR) is 115 cm³/mol. The number of nitrogens with zero attached hydrogens (tertiary/aromatic N) is 1. The number of amides is 2. The SMILES string of the molecule is CC(C(=O)Nc1cccc(C(=O)Nc2ccncc2)c1)c1ccc(S(C)(=O)=O)cc1. The highest BCUT2D eigenvalue weighted by Crippen LogP contribution is 2.21. The molecule has 0 aliphatic rings. The molecule has 0 spiro atoms. The molecular weight excluding hydrogens is 402 g/mol. The van der Waals surface area contributed by atoms with E-state index in [4.69, 9.17) is 0 Å². The monoisotopic (exact) mass is 423 g/mol. The van der Waals surface area contributed by atoms with Gasteiger partial charge < -0.3 is 10.6 Å². The van der Waals surface area contributed by atoms with Crippen LogP contribution in [0.3, 0.4) is 0 Å². The van der Waals surface area contributed by atoms with E-state index in [1.54, 1.807) is 67.8 Å². The van der Waals surface area contributed by atoms with E-state index in [0.29, 0.717) is 22.5 Å². The molecule has 30 heavy (non-hydrogen) atoms. The second-order valence-corrected chi connectivity index (χ2v) is 8.84. The Morgan fingerprint density at radius 3 is 2.20 bits per heavy atom. The van der Waals surface area contributed by atoms with E-state index >= 15 is 0 Å². The molecule has 0 bridgehead atoms. The van der Waals surface area contributed by atoms with Gasteiger partial charge >= 0.3 is 0 Å². The number of aromatic nitrogens is 1. The number of benzene rings is 2. The fourth-order valence-electron chi connectivity index (χ4n) is 2.78. The van der Waals surface area contributed by atoms with Crippen molar-refractivity contribution in [3.63, 3.8) is 0 Å². The smallest absolute Gasteiger partial charge is 0.255 e. The number of carbonyl (C=O) groups excluding carboxylic acids is 2. The summed E-state index contributed by atoms with van der Waals surface area (Å²) in [6, 6.07) is 16.2. The summed E-state index contributed by atoms with van der Waals surface area (Å²) in [7, 11) is -3.29. The molecule has 1 aromatic heterocycles. The first-order chi connectivity index (χ1) is 14.2. The molecule has 8 heteroatoms. The summed E-state index contributed by atoms with van der Waals surface area (Å²) in [6.45, 7) is 1.73. The second-order valence-electron chi connectivity index (χ2n) is 6.82. The Hall–Kier alpha value is -3.52. The van der Waals surface area contributed by atoms with Crippen molar-refractivity contribution in [3.05, 3.63) is 84.2 Å². The molecule has 0 radical (unpaired) electrons. The third-order valence-electron chi connectivity index (χ3n) is 4.53. The van der Waals surface area contributed by atoms with Crippen molar-refractivity contribution < 1.29 is 18.0 Å². The fraction of sp³-hybridized carbons (Fsp3) is 0.136. The lowest BCUT2D eigenvalue weighted by Gasteiger charge is -2.14. The Kier molecular flexibility index (Phi) is 6.27. The van der Waals surface area contributed by atoms with Gasteiger partial charge in [0.05, 0.1) is 10.8 Å². The Morgan fingerprint density at radius 2 is 1.57 bits per heavy atom. The molecule has 1 unspecified atom stereocenters.